The van der Waals surface area contributed by atoms with E-state index in [1.807, 2.05) is 0 Å². The fourth-order valence-corrected chi connectivity index (χ4v) is 1.46. The quantitative estimate of drug-likeness (QED) is 0.886. The number of aromatic nitrogens is 1. The monoisotopic (exact) mass is 276 g/mol. The van der Waals surface area contributed by atoms with Gasteiger partial charge in [-0.1, -0.05) is 0 Å². The fraction of sp³-hybridized carbons (Fsp3) is 0. The van der Waals surface area contributed by atoms with E-state index in [1.165, 1.54) is 30.5 Å². The number of aromatic carboxylic acids is 1. The van der Waals surface area contributed by atoms with Crippen LogP contribution in [0.4, 0.5) is 4.39 Å². The van der Waals surface area contributed by atoms with Crippen LogP contribution in [0, 0.1) is 5.82 Å². The summed E-state index contributed by atoms with van der Waals surface area (Å²) in [5.41, 5.74) is 4.61. The van der Waals surface area contributed by atoms with Gasteiger partial charge in [-0.25, -0.2) is 14.2 Å². The zero-order chi connectivity index (χ0) is 14.7. The molecule has 0 saturated carbocycles. The van der Waals surface area contributed by atoms with Crippen LogP contribution >= 0.6 is 0 Å². The normalized spacial score (nSPS) is 10.1. The van der Waals surface area contributed by atoms with E-state index in [9.17, 15) is 14.0 Å². The number of amides is 1. The Morgan fingerprint density at radius 1 is 1.20 bits per heavy atom. The number of nitrogens with two attached hydrogens (primary N) is 1. The van der Waals surface area contributed by atoms with Gasteiger partial charge >= 0.3 is 5.97 Å². The summed E-state index contributed by atoms with van der Waals surface area (Å²) in [5, 5.41) is 8.69. The van der Waals surface area contributed by atoms with Crippen molar-refractivity contribution in [2.24, 2.45) is 5.73 Å². The number of rotatable bonds is 4. The molecule has 2 rings (SSSR count). The summed E-state index contributed by atoms with van der Waals surface area (Å²) >= 11 is 0. The maximum absolute atomic E-state index is 13.5. The van der Waals surface area contributed by atoms with Gasteiger partial charge in [0, 0.05) is 6.07 Å². The number of nitrogens with zero attached hydrogens (tertiary/aromatic N) is 1. The number of hydrogen-bond donors (Lipinski definition) is 2. The van der Waals surface area contributed by atoms with E-state index in [2.05, 4.69) is 4.98 Å². The second-order valence-electron chi connectivity index (χ2n) is 3.79. The number of benzene rings is 1. The SMILES string of the molecule is NC(=O)c1ccc(Oc2ccc(C(=O)O)nc2)cc1F. The summed E-state index contributed by atoms with van der Waals surface area (Å²) in [6, 6.07) is 6.22. The van der Waals surface area contributed by atoms with Gasteiger partial charge in [0.1, 0.15) is 23.0 Å². The fourth-order valence-electron chi connectivity index (χ4n) is 1.46. The van der Waals surface area contributed by atoms with Crippen molar-refractivity contribution in [3.05, 3.63) is 53.6 Å². The highest BCUT2D eigenvalue weighted by molar-refractivity contribution is 5.93. The third-order valence-corrected chi connectivity index (χ3v) is 2.40. The highest BCUT2D eigenvalue weighted by atomic mass is 19.1. The first-order chi connectivity index (χ1) is 9.47. The summed E-state index contributed by atoms with van der Waals surface area (Å²) in [4.78, 5) is 25.1. The Morgan fingerprint density at radius 3 is 2.40 bits per heavy atom. The molecule has 1 heterocycles. The van der Waals surface area contributed by atoms with Crippen molar-refractivity contribution in [2.45, 2.75) is 0 Å². The molecule has 0 saturated heterocycles. The van der Waals surface area contributed by atoms with E-state index in [-0.39, 0.29) is 22.8 Å². The number of halogens is 1. The van der Waals surface area contributed by atoms with Crippen molar-refractivity contribution in [3.8, 4) is 11.5 Å². The standard InChI is InChI=1S/C13H9FN2O4/c14-10-5-7(1-3-9(10)12(15)17)20-8-2-4-11(13(18)19)16-6-8/h1-6H,(H2,15,17)(H,18,19). The number of hydrogen-bond acceptors (Lipinski definition) is 4. The summed E-state index contributed by atoms with van der Waals surface area (Å²) in [6.07, 6.45) is 1.20. The van der Waals surface area contributed by atoms with Crippen LogP contribution in [0.1, 0.15) is 20.8 Å². The van der Waals surface area contributed by atoms with Gasteiger partial charge in [0.05, 0.1) is 11.8 Å². The highest BCUT2D eigenvalue weighted by Crippen LogP contribution is 2.23. The average molecular weight is 276 g/mol. The zero-order valence-corrected chi connectivity index (χ0v) is 10.0. The molecule has 2 aromatic rings. The predicted octanol–water partition coefficient (Wildman–Crippen LogP) is 1.81. The molecular weight excluding hydrogens is 267 g/mol. The first-order valence-corrected chi connectivity index (χ1v) is 5.44. The Morgan fingerprint density at radius 2 is 1.90 bits per heavy atom. The van der Waals surface area contributed by atoms with E-state index in [0.717, 1.165) is 6.07 Å². The Balaban J connectivity index is 2.19. The van der Waals surface area contributed by atoms with Crippen molar-refractivity contribution >= 4 is 11.9 Å². The van der Waals surface area contributed by atoms with Crippen LogP contribution in [-0.2, 0) is 0 Å². The van der Waals surface area contributed by atoms with E-state index in [0.29, 0.717) is 0 Å². The molecule has 0 aliphatic heterocycles. The molecule has 7 heteroatoms. The van der Waals surface area contributed by atoms with Crippen LogP contribution in [0.5, 0.6) is 11.5 Å². The third-order valence-electron chi connectivity index (χ3n) is 2.40. The lowest BCUT2D eigenvalue weighted by molar-refractivity contribution is 0.0690. The lowest BCUT2D eigenvalue weighted by Crippen LogP contribution is -2.12. The molecular formula is C13H9FN2O4. The van der Waals surface area contributed by atoms with Crippen LogP contribution in [0.3, 0.4) is 0 Å². The first kappa shape index (κ1) is 13.5. The number of ether oxygens (including phenoxy) is 1. The third kappa shape index (κ3) is 2.89. The molecule has 20 heavy (non-hydrogen) atoms. The molecule has 0 aliphatic carbocycles. The molecule has 0 spiro atoms. The molecule has 1 aromatic heterocycles. The number of primary amides is 1. The topological polar surface area (TPSA) is 103 Å². The van der Waals surface area contributed by atoms with Gasteiger partial charge in [-0.3, -0.25) is 4.79 Å². The Hall–Kier alpha value is -2.96. The number of pyridine rings is 1. The Kier molecular flexibility index (Phi) is 3.60. The molecule has 1 amide bonds. The van der Waals surface area contributed by atoms with Crippen LogP contribution in [0.25, 0.3) is 0 Å². The van der Waals surface area contributed by atoms with Gasteiger partial charge in [0.2, 0.25) is 0 Å². The lowest BCUT2D eigenvalue weighted by Gasteiger charge is -2.06. The largest absolute Gasteiger partial charge is 0.477 e. The molecule has 3 N–H and O–H groups in total. The maximum atomic E-state index is 13.5. The number of carbonyl (C=O) groups is 2. The molecule has 0 radical (unpaired) electrons. The van der Waals surface area contributed by atoms with Crippen LogP contribution < -0.4 is 10.5 Å². The summed E-state index contributed by atoms with van der Waals surface area (Å²) in [6.45, 7) is 0. The number of carboxylic acid groups (broad SMARTS) is 1. The minimum absolute atomic E-state index is 0.132. The second-order valence-corrected chi connectivity index (χ2v) is 3.79. The molecule has 6 nitrogen and oxygen atoms in total. The zero-order valence-electron chi connectivity index (χ0n) is 10.0. The van der Waals surface area contributed by atoms with Gasteiger partial charge in [0.25, 0.3) is 5.91 Å². The van der Waals surface area contributed by atoms with Gasteiger partial charge in [-0.15, -0.1) is 0 Å². The van der Waals surface area contributed by atoms with Crippen LogP contribution in [0.15, 0.2) is 36.5 Å². The van der Waals surface area contributed by atoms with Crippen molar-refractivity contribution < 1.29 is 23.8 Å². The molecule has 1 aromatic carbocycles. The van der Waals surface area contributed by atoms with E-state index in [4.69, 9.17) is 15.6 Å². The minimum atomic E-state index is -1.16. The highest BCUT2D eigenvalue weighted by Gasteiger charge is 2.10. The first-order valence-electron chi connectivity index (χ1n) is 5.44. The number of carboxylic acids is 1. The molecule has 0 bridgehead atoms. The molecule has 0 aliphatic rings. The van der Waals surface area contributed by atoms with Gasteiger partial charge < -0.3 is 15.6 Å². The minimum Gasteiger partial charge on any atom is -0.477 e. The van der Waals surface area contributed by atoms with Gasteiger partial charge in [-0.05, 0) is 24.3 Å². The predicted molar refractivity (Wildman–Crippen MR) is 66.2 cm³/mol. The van der Waals surface area contributed by atoms with Crippen molar-refractivity contribution in [2.75, 3.05) is 0 Å². The molecule has 0 atom stereocenters. The van der Waals surface area contributed by atoms with E-state index < -0.39 is 17.7 Å². The van der Waals surface area contributed by atoms with Crippen molar-refractivity contribution in [1.29, 1.82) is 0 Å². The molecule has 0 unspecified atom stereocenters. The van der Waals surface area contributed by atoms with E-state index >= 15 is 0 Å². The van der Waals surface area contributed by atoms with Crippen LogP contribution in [0.2, 0.25) is 0 Å². The van der Waals surface area contributed by atoms with Crippen LogP contribution in [-0.4, -0.2) is 22.0 Å². The Labute approximate surface area is 112 Å². The van der Waals surface area contributed by atoms with Gasteiger partial charge in [0.15, 0.2) is 0 Å². The van der Waals surface area contributed by atoms with E-state index in [1.54, 1.807) is 0 Å². The smallest absolute Gasteiger partial charge is 0.354 e. The van der Waals surface area contributed by atoms with Crippen molar-refractivity contribution in [3.63, 3.8) is 0 Å². The van der Waals surface area contributed by atoms with Gasteiger partial charge in [-0.2, -0.15) is 0 Å². The molecule has 102 valence electrons. The maximum Gasteiger partial charge on any atom is 0.354 e. The van der Waals surface area contributed by atoms with Crippen molar-refractivity contribution in [1.82, 2.24) is 4.98 Å². The Bertz CT molecular complexity index is 671. The molecule has 0 fully saturated rings. The second kappa shape index (κ2) is 5.35. The summed E-state index contributed by atoms with van der Waals surface area (Å²) < 4.78 is 18.8. The summed E-state index contributed by atoms with van der Waals surface area (Å²) in [5.74, 6) is -2.46. The number of carbonyl (C=O) groups excluding carboxylic acids is 1. The summed E-state index contributed by atoms with van der Waals surface area (Å²) in [7, 11) is 0. The lowest BCUT2D eigenvalue weighted by atomic mass is 10.2. The average Bonchev–Trinajstić information content (AvgIpc) is 2.39.